The molecule has 20 heavy (non-hydrogen) atoms. The molecule has 0 fully saturated rings. The third-order valence-corrected chi connectivity index (χ3v) is 2.33. The zero-order valence-electron chi connectivity index (χ0n) is 9.43. The molecule has 0 amide bonds. The van der Waals surface area contributed by atoms with Gasteiger partial charge in [-0.15, -0.1) is 0 Å². The van der Waals surface area contributed by atoms with Gasteiger partial charge in [0.25, 0.3) is 0 Å². The highest BCUT2D eigenvalue weighted by molar-refractivity contribution is 5.96. The first-order valence-electron chi connectivity index (χ1n) is 4.79. The SMILES string of the molecule is N#CC(=C=N)c1c(F)c(F)c(C(C#N)C#N)c(F)c1F. The molecule has 0 bridgehead atoms. The van der Waals surface area contributed by atoms with Crippen LogP contribution in [0.15, 0.2) is 0 Å². The van der Waals surface area contributed by atoms with Gasteiger partial charge in [-0.1, -0.05) is 0 Å². The van der Waals surface area contributed by atoms with Crippen molar-refractivity contribution in [2.45, 2.75) is 5.92 Å². The van der Waals surface area contributed by atoms with E-state index in [-0.39, 0.29) is 0 Å². The van der Waals surface area contributed by atoms with Crippen molar-refractivity contribution < 1.29 is 17.6 Å². The smallest absolute Gasteiger partial charge is 0.171 e. The molecule has 0 aliphatic heterocycles. The number of rotatable bonds is 2. The van der Waals surface area contributed by atoms with E-state index in [0.29, 0.717) is 0 Å². The van der Waals surface area contributed by atoms with Gasteiger partial charge in [-0.2, -0.15) is 15.8 Å². The van der Waals surface area contributed by atoms with Crippen molar-refractivity contribution in [3.8, 4) is 18.2 Å². The van der Waals surface area contributed by atoms with Gasteiger partial charge in [0.1, 0.15) is 11.6 Å². The van der Waals surface area contributed by atoms with E-state index in [4.69, 9.17) is 21.2 Å². The summed E-state index contributed by atoms with van der Waals surface area (Å²) in [5.41, 5.74) is -3.85. The first-order chi connectivity index (χ1) is 9.44. The molecule has 4 nitrogen and oxygen atoms in total. The molecule has 0 saturated carbocycles. The highest BCUT2D eigenvalue weighted by Gasteiger charge is 2.31. The van der Waals surface area contributed by atoms with Crippen LogP contribution in [0.3, 0.4) is 0 Å². The Morgan fingerprint density at radius 3 is 1.65 bits per heavy atom. The van der Waals surface area contributed by atoms with Gasteiger partial charge in [-0.25, -0.2) is 17.6 Å². The molecular weight excluding hydrogens is 276 g/mol. The molecule has 0 aromatic heterocycles. The lowest BCUT2D eigenvalue weighted by atomic mass is 9.96. The van der Waals surface area contributed by atoms with E-state index in [9.17, 15) is 17.6 Å². The number of nitrogens with one attached hydrogen (secondary N) is 1. The average molecular weight is 278 g/mol. The lowest BCUT2D eigenvalue weighted by molar-refractivity contribution is 0.437. The minimum atomic E-state index is -2.05. The van der Waals surface area contributed by atoms with Crippen LogP contribution in [0.5, 0.6) is 0 Å². The van der Waals surface area contributed by atoms with Crippen LogP contribution in [0.1, 0.15) is 17.0 Å². The Bertz CT molecular complexity index is 715. The van der Waals surface area contributed by atoms with Crippen LogP contribution in [0.2, 0.25) is 0 Å². The molecule has 98 valence electrons. The number of hydrogen-bond acceptors (Lipinski definition) is 4. The van der Waals surface area contributed by atoms with Crippen molar-refractivity contribution in [2.75, 3.05) is 0 Å². The predicted octanol–water partition coefficient (Wildman–Crippen LogP) is 2.53. The largest absolute Gasteiger partial charge is 0.258 e. The molecule has 0 heterocycles. The zero-order valence-corrected chi connectivity index (χ0v) is 9.43. The molecule has 1 rings (SSSR count). The quantitative estimate of drug-likeness (QED) is 0.389. The normalized spacial score (nSPS) is 9.30. The van der Waals surface area contributed by atoms with Crippen molar-refractivity contribution in [1.29, 1.82) is 21.2 Å². The van der Waals surface area contributed by atoms with E-state index in [2.05, 4.69) is 0 Å². The lowest BCUT2D eigenvalue weighted by Gasteiger charge is -2.10. The molecule has 0 atom stereocenters. The fourth-order valence-electron chi connectivity index (χ4n) is 1.43. The maximum atomic E-state index is 13.7. The molecule has 1 aromatic rings. The maximum absolute atomic E-state index is 13.7. The molecule has 0 spiro atoms. The van der Waals surface area contributed by atoms with Crippen LogP contribution in [0, 0.1) is 62.7 Å². The van der Waals surface area contributed by atoms with Gasteiger partial charge in [0.2, 0.25) is 0 Å². The minimum Gasteiger partial charge on any atom is -0.258 e. The molecule has 0 unspecified atom stereocenters. The van der Waals surface area contributed by atoms with Crippen molar-refractivity contribution in [2.24, 2.45) is 0 Å². The monoisotopic (exact) mass is 278 g/mol. The molecule has 8 heteroatoms. The lowest BCUT2D eigenvalue weighted by Crippen LogP contribution is -2.10. The minimum absolute atomic E-state index is 1.06. The number of allylic oxidation sites excluding steroid dienone is 1. The van der Waals surface area contributed by atoms with Gasteiger partial charge in [-0.3, -0.25) is 5.41 Å². The van der Waals surface area contributed by atoms with Crippen molar-refractivity contribution >= 4 is 11.4 Å². The summed E-state index contributed by atoms with van der Waals surface area (Å²) in [5, 5.41) is 32.2. The van der Waals surface area contributed by atoms with Crippen molar-refractivity contribution in [1.82, 2.24) is 0 Å². The Morgan fingerprint density at radius 2 is 1.35 bits per heavy atom. The van der Waals surface area contributed by atoms with Crippen LogP contribution < -0.4 is 0 Å². The second-order valence-electron chi connectivity index (χ2n) is 3.35. The Labute approximate surface area is 109 Å². The van der Waals surface area contributed by atoms with E-state index in [0.717, 1.165) is 6.07 Å². The Hall–Kier alpha value is -3.14. The van der Waals surface area contributed by atoms with Crippen LogP contribution >= 0.6 is 0 Å². The summed E-state index contributed by atoms with van der Waals surface area (Å²) in [5.74, 6) is -8.57. The average Bonchev–Trinajstić information content (AvgIpc) is 2.46. The fraction of sp³-hybridized carbons (Fsp3) is 0.0833. The molecular formula is C12H2F4N4. The zero-order chi connectivity index (χ0) is 15.4. The van der Waals surface area contributed by atoms with Crippen LogP contribution in [-0.2, 0) is 0 Å². The first kappa shape index (κ1) is 14.9. The van der Waals surface area contributed by atoms with Crippen LogP contribution in [-0.4, -0.2) is 5.87 Å². The summed E-state index contributed by atoms with van der Waals surface area (Å²) in [6, 6.07) is 3.52. The summed E-state index contributed by atoms with van der Waals surface area (Å²) in [6.07, 6.45) is 0. The van der Waals surface area contributed by atoms with Crippen molar-refractivity contribution in [3.05, 3.63) is 34.4 Å². The number of nitriles is 3. The topological polar surface area (TPSA) is 95.2 Å². The second kappa shape index (κ2) is 5.67. The number of halogens is 4. The van der Waals surface area contributed by atoms with Gasteiger partial charge < -0.3 is 0 Å². The fourth-order valence-corrected chi connectivity index (χ4v) is 1.43. The maximum Gasteiger partial charge on any atom is 0.171 e. The van der Waals surface area contributed by atoms with E-state index in [1.807, 2.05) is 0 Å². The van der Waals surface area contributed by atoms with E-state index >= 15 is 0 Å². The van der Waals surface area contributed by atoms with E-state index < -0.39 is 45.9 Å². The van der Waals surface area contributed by atoms with E-state index in [1.165, 1.54) is 18.0 Å². The summed E-state index contributed by atoms with van der Waals surface area (Å²) in [7, 11) is 0. The summed E-state index contributed by atoms with van der Waals surface area (Å²) in [4.78, 5) is 0. The third kappa shape index (κ3) is 2.10. The summed E-state index contributed by atoms with van der Waals surface area (Å²) >= 11 is 0. The highest BCUT2D eigenvalue weighted by atomic mass is 19.2. The predicted molar refractivity (Wildman–Crippen MR) is 57.0 cm³/mol. The van der Waals surface area contributed by atoms with Crippen molar-refractivity contribution in [3.63, 3.8) is 0 Å². The molecule has 0 aliphatic carbocycles. The molecule has 0 radical (unpaired) electrons. The van der Waals surface area contributed by atoms with Crippen LogP contribution in [0.25, 0.3) is 5.57 Å². The standard InChI is InChI=1S/C12H2F4N4/c13-9-7(5(1-17)2-18)10(14)12(16)8(11(9)15)6(3-19)4-20/h5,19H. The van der Waals surface area contributed by atoms with Crippen LogP contribution in [0.4, 0.5) is 17.6 Å². The molecule has 0 aliphatic rings. The molecule has 0 saturated heterocycles. The van der Waals surface area contributed by atoms with E-state index in [1.54, 1.807) is 0 Å². The second-order valence-corrected chi connectivity index (χ2v) is 3.35. The third-order valence-electron chi connectivity index (χ3n) is 2.33. The van der Waals surface area contributed by atoms with Gasteiger partial charge in [0.05, 0.1) is 23.3 Å². The molecule has 1 aromatic carbocycles. The number of nitrogens with zero attached hydrogens (tertiary/aromatic N) is 3. The Morgan fingerprint density at radius 1 is 0.900 bits per heavy atom. The first-order valence-corrected chi connectivity index (χ1v) is 4.79. The molecule has 1 N–H and O–H groups in total. The van der Waals surface area contributed by atoms with Gasteiger partial charge in [-0.05, 0) is 5.87 Å². The highest BCUT2D eigenvalue weighted by Crippen LogP contribution is 2.31. The number of benzene rings is 1. The summed E-state index contributed by atoms with van der Waals surface area (Å²) < 4.78 is 54.7. The Kier molecular flexibility index (Phi) is 4.23. The van der Waals surface area contributed by atoms with Gasteiger partial charge >= 0.3 is 0 Å². The Balaban J connectivity index is 3.88. The summed E-state index contributed by atoms with van der Waals surface area (Å²) in [6.45, 7) is 0. The van der Waals surface area contributed by atoms with Gasteiger partial charge in [0.15, 0.2) is 29.2 Å². The number of hydrogen-bond donors (Lipinski definition) is 1. The van der Waals surface area contributed by atoms with Gasteiger partial charge in [0, 0.05) is 0 Å².